The van der Waals surface area contributed by atoms with Gasteiger partial charge in [-0.05, 0) is 26.2 Å². The van der Waals surface area contributed by atoms with Gasteiger partial charge in [0.05, 0.1) is 0 Å². The van der Waals surface area contributed by atoms with Gasteiger partial charge in [-0.2, -0.15) is 0 Å². The van der Waals surface area contributed by atoms with E-state index in [2.05, 4.69) is 10.6 Å². The molecule has 0 spiro atoms. The molecule has 0 bridgehead atoms. The van der Waals surface area contributed by atoms with Gasteiger partial charge in [-0.3, -0.25) is 9.59 Å². The van der Waals surface area contributed by atoms with Gasteiger partial charge in [0.15, 0.2) is 0 Å². The minimum absolute atomic E-state index is 0.129. The fraction of sp³-hybridized carbons (Fsp3) is 0.250. The molecule has 2 aromatic carbocycles. The van der Waals surface area contributed by atoms with E-state index in [1.807, 2.05) is 19.0 Å². The molecule has 0 aliphatic rings. The molecule has 22 heavy (non-hydrogen) atoms. The fourth-order valence-corrected chi connectivity index (χ4v) is 2.05. The first-order valence-corrected chi connectivity index (χ1v) is 6.93. The highest BCUT2D eigenvalue weighted by atomic mass is 16.3. The minimum atomic E-state index is -0.727. The molecular weight excluding hydrogens is 282 g/mol. The van der Waals surface area contributed by atoms with Crippen molar-refractivity contribution in [1.29, 1.82) is 0 Å². The van der Waals surface area contributed by atoms with E-state index in [1.165, 1.54) is 0 Å². The van der Waals surface area contributed by atoms with E-state index in [4.69, 9.17) is 0 Å². The van der Waals surface area contributed by atoms with Gasteiger partial charge in [0, 0.05) is 29.5 Å². The van der Waals surface area contributed by atoms with Crippen LogP contribution in [0.3, 0.4) is 0 Å². The van der Waals surface area contributed by atoms with Gasteiger partial charge in [0.2, 0.25) is 0 Å². The lowest BCUT2D eigenvalue weighted by molar-refractivity contribution is -0.136. The molecule has 116 valence electrons. The molecule has 0 aromatic heterocycles. The molecule has 0 saturated carbocycles. The zero-order chi connectivity index (χ0) is 16.1. The topological polar surface area (TPSA) is 81.7 Å². The van der Waals surface area contributed by atoms with Gasteiger partial charge >= 0.3 is 11.8 Å². The van der Waals surface area contributed by atoms with Crippen LogP contribution in [0.15, 0.2) is 36.4 Å². The summed E-state index contributed by atoms with van der Waals surface area (Å²) in [7, 11) is 3.77. The Morgan fingerprint density at radius 2 is 1.73 bits per heavy atom. The summed E-state index contributed by atoms with van der Waals surface area (Å²) in [6, 6.07) is 10.2. The number of nitrogens with one attached hydrogen (secondary N) is 2. The van der Waals surface area contributed by atoms with Gasteiger partial charge in [-0.1, -0.05) is 24.3 Å². The number of carbonyl (C=O) groups excluding carboxylic acids is 2. The molecule has 0 unspecified atom stereocenters. The molecule has 3 N–H and O–H groups in total. The molecule has 2 aromatic rings. The number of anilines is 1. The van der Waals surface area contributed by atoms with Crippen LogP contribution in [-0.2, 0) is 9.59 Å². The Morgan fingerprint density at radius 1 is 1.05 bits per heavy atom. The summed E-state index contributed by atoms with van der Waals surface area (Å²) < 4.78 is 0. The smallest absolute Gasteiger partial charge is 0.313 e. The SMILES string of the molecule is CN(C)CCNC(=O)C(=O)Nc1cccc2c(O)cccc12. The summed E-state index contributed by atoms with van der Waals surface area (Å²) in [5.41, 5.74) is 0.487. The predicted octanol–water partition coefficient (Wildman–Crippen LogP) is 1.16. The fourth-order valence-electron chi connectivity index (χ4n) is 2.05. The monoisotopic (exact) mass is 301 g/mol. The van der Waals surface area contributed by atoms with Gasteiger partial charge in [-0.15, -0.1) is 0 Å². The maximum Gasteiger partial charge on any atom is 0.313 e. The summed E-state index contributed by atoms with van der Waals surface area (Å²) >= 11 is 0. The second-order valence-corrected chi connectivity index (χ2v) is 5.19. The maximum atomic E-state index is 11.9. The van der Waals surface area contributed by atoms with Crippen molar-refractivity contribution in [3.63, 3.8) is 0 Å². The number of rotatable bonds is 4. The third-order valence-electron chi connectivity index (χ3n) is 3.20. The van der Waals surface area contributed by atoms with Crippen LogP contribution in [0.2, 0.25) is 0 Å². The lowest BCUT2D eigenvalue weighted by Gasteiger charge is -2.11. The molecular formula is C16H19N3O3. The van der Waals surface area contributed by atoms with Crippen LogP contribution in [0.1, 0.15) is 0 Å². The van der Waals surface area contributed by atoms with E-state index in [0.29, 0.717) is 29.5 Å². The molecule has 2 amide bonds. The first kappa shape index (κ1) is 15.8. The van der Waals surface area contributed by atoms with Crippen molar-refractivity contribution < 1.29 is 14.7 Å². The van der Waals surface area contributed by atoms with Gasteiger partial charge < -0.3 is 20.6 Å². The number of carbonyl (C=O) groups is 2. The van der Waals surface area contributed by atoms with Gasteiger partial charge in [0.25, 0.3) is 0 Å². The Balaban J connectivity index is 2.09. The average Bonchev–Trinajstić information content (AvgIpc) is 2.47. The zero-order valence-corrected chi connectivity index (χ0v) is 12.6. The number of benzene rings is 2. The Hall–Kier alpha value is -2.60. The van der Waals surface area contributed by atoms with E-state index in [1.54, 1.807) is 36.4 Å². The van der Waals surface area contributed by atoms with Crippen molar-refractivity contribution in [2.75, 3.05) is 32.5 Å². The summed E-state index contributed by atoms with van der Waals surface area (Å²) in [4.78, 5) is 25.6. The van der Waals surface area contributed by atoms with Crippen molar-refractivity contribution in [3.05, 3.63) is 36.4 Å². The Kier molecular flexibility index (Phi) is 4.95. The maximum absolute atomic E-state index is 11.9. The van der Waals surface area contributed by atoms with E-state index >= 15 is 0 Å². The zero-order valence-electron chi connectivity index (χ0n) is 12.6. The van der Waals surface area contributed by atoms with Gasteiger partial charge in [-0.25, -0.2) is 0 Å². The molecule has 0 saturated heterocycles. The second kappa shape index (κ2) is 6.91. The highest BCUT2D eigenvalue weighted by Crippen LogP contribution is 2.29. The van der Waals surface area contributed by atoms with Crippen molar-refractivity contribution in [3.8, 4) is 5.75 Å². The molecule has 0 radical (unpaired) electrons. The largest absolute Gasteiger partial charge is 0.507 e. The third kappa shape index (κ3) is 3.73. The summed E-state index contributed by atoms with van der Waals surface area (Å²) in [6.45, 7) is 1.05. The summed E-state index contributed by atoms with van der Waals surface area (Å²) in [5.74, 6) is -1.28. The van der Waals surface area contributed by atoms with Crippen LogP contribution in [0, 0.1) is 0 Å². The van der Waals surface area contributed by atoms with Crippen LogP contribution in [0.25, 0.3) is 10.8 Å². The Morgan fingerprint density at radius 3 is 2.45 bits per heavy atom. The number of hydrogen-bond donors (Lipinski definition) is 3. The predicted molar refractivity (Wildman–Crippen MR) is 85.8 cm³/mol. The lowest BCUT2D eigenvalue weighted by Crippen LogP contribution is -2.38. The normalized spacial score (nSPS) is 10.7. The van der Waals surface area contributed by atoms with Gasteiger partial charge in [0.1, 0.15) is 5.75 Å². The lowest BCUT2D eigenvalue weighted by atomic mass is 10.1. The number of fused-ring (bicyclic) bond motifs is 1. The van der Waals surface area contributed by atoms with Crippen molar-refractivity contribution in [2.24, 2.45) is 0 Å². The number of likely N-dealkylation sites (N-methyl/N-ethyl adjacent to an activating group) is 1. The Bertz CT molecular complexity index is 698. The van der Waals surface area contributed by atoms with Crippen LogP contribution in [-0.4, -0.2) is 49.0 Å². The molecule has 0 fully saturated rings. The number of nitrogens with zero attached hydrogens (tertiary/aromatic N) is 1. The molecule has 0 atom stereocenters. The highest BCUT2D eigenvalue weighted by molar-refractivity contribution is 6.40. The molecule has 0 aliphatic carbocycles. The number of phenols is 1. The van der Waals surface area contributed by atoms with Crippen LogP contribution in [0.5, 0.6) is 5.75 Å². The van der Waals surface area contributed by atoms with Crippen molar-refractivity contribution in [2.45, 2.75) is 0 Å². The molecule has 0 aliphatic heterocycles. The molecule has 6 heteroatoms. The van der Waals surface area contributed by atoms with Crippen molar-refractivity contribution in [1.82, 2.24) is 10.2 Å². The standard InChI is InChI=1S/C16H19N3O3/c1-19(2)10-9-17-15(21)16(22)18-13-7-3-6-12-11(13)5-4-8-14(12)20/h3-8,20H,9-10H2,1-2H3,(H,17,21)(H,18,22). The first-order valence-electron chi connectivity index (χ1n) is 6.93. The number of hydrogen-bond acceptors (Lipinski definition) is 4. The van der Waals surface area contributed by atoms with Crippen LogP contribution < -0.4 is 10.6 Å². The minimum Gasteiger partial charge on any atom is -0.507 e. The summed E-state index contributed by atoms with van der Waals surface area (Å²) in [6.07, 6.45) is 0. The highest BCUT2D eigenvalue weighted by Gasteiger charge is 2.14. The number of aromatic hydroxyl groups is 1. The molecule has 2 rings (SSSR count). The molecule has 6 nitrogen and oxygen atoms in total. The quantitative estimate of drug-likeness (QED) is 0.740. The van der Waals surface area contributed by atoms with E-state index in [0.717, 1.165) is 0 Å². The van der Waals surface area contributed by atoms with Crippen molar-refractivity contribution >= 4 is 28.3 Å². The van der Waals surface area contributed by atoms with Crippen LogP contribution in [0.4, 0.5) is 5.69 Å². The Labute approximate surface area is 128 Å². The number of amides is 2. The second-order valence-electron chi connectivity index (χ2n) is 5.19. The van der Waals surface area contributed by atoms with E-state index in [9.17, 15) is 14.7 Å². The third-order valence-corrected chi connectivity index (χ3v) is 3.20. The summed E-state index contributed by atoms with van der Waals surface area (Å²) in [5, 5.41) is 16.2. The average molecular weight is 301 g/mol. The first-order chi connectivity index (χ1) is 10.5. The molecule has 0 heterocycles. The van der Waals surface area contributed by atoms with E-state index in [-0.39, 0.29) is 5.75 Å². The van der Waals surface area contributed by atoms with E-state index < -0.39 is 11.8 Å². The number of phenolic OH excluding ortho intramolecular Hbond substituents is 1. The van der Waals surface area contributed by atoms with Crippen LogP contribution >= 0.6 is 0 Å².